The van der Waals surface area contributed by atoms with Crippen molar-refractivity contribution in [3.05, 3.63) is 23.8 Å². The lowest BCUT2D eigenvalue weighted by Gasteiger charge is -2.25. The second-order valence-electron chi connectivity index (χ2n) is 3.35. The highest BCUT2D eigenvalue weighted by molar-refractivity contribution is 5.59. The van der Waals surface area contributed by atoms with Crippen LogP contribution in [-0.2, 0) is 6.61 Å². The van der Waals surface area contributed by atoms with Gasteiger partial charge in [0.05, 0.1) is 18.3 Å². The van der Waals surface area contributed by atoms with Gasteiger partial charge in [-0.25, -0.2) is 0 Å². The van der Waals surface area contributed by atoms with Crippen molar-refractivity contribution in [1.82, 2.24) is 0 Å². The number of benzene rings is 1. The largest absolute Gasteiger partial charge is 0.489 e. The molecule has 0 saturated heterocycles. The Kier molecular flexibility index (Phi) is 2.10. The van der Waals surface area contributed by atoms with Crippen molar-refractivity contribution >= 4 is 5.69 Å². The highest BCUT2D eigenvalue weighted by atomic mass is 16.5. The zero-order valence-corrected chi connectivity index (χ0v) is 7.58. The van der Waals surface area contributed by atoms with Gasteiger partial charge >= 0.3 is 0 Å². The summed E-state index contributed by atoms with van der Waals surface area (Å²) in [7, 11) is 0. The van der Waals surface area contributed by atoms with Gasteiger partial charge in [-0.2, -0.15) is 0 Å². The van der Waals surface area contributed by atoms with Crippen LogP contribution >= 0.6 is 0 Å². The minimum absolute atomic E-state index is 0.0617. The maximum Gasteiger partial charge on any atom is 0.142 e. The van der Waals surface area contributed by atoms with Gasteiger partial charge in [0, 0.05) is 0 Å². The lowest BCUT2D eigenvalue weighted by molar-refractivity contribution is 0.275. The van der Waals surface area contributed by atoms with Crippen molar-refractivity contribution in [2.75, 3.05) is 11.9 Å². The molecule has 2 rings (SSSR count). The van der Waals surface area contributed by atoms with Gasteiger partial charge in [0.25, 0.3) is 0 Å². The number of aliphatic hydroxyl groups is 1. The van der Waals surface area contributed by atoms with Gasteiger partial charge in [0.2, 0.25) is 0 Å². The fourth-order valence-corrected chi connectivity index (χ4v) is 1.43. The molecule has 0 spiro atoms. The molecule has 3 nitrogen and oxygen atoms in total. The fraction of sp³-hybridized carbons (Fsp3) is 0.400. The molecule has 0 radical (unpaired) electrons. The first-order valence-corrected chi connectivity index (χ1v) is 4.42. The summed E-state index contributed by atoms with van der Waals surface area (Å²) in [4.78, 5) is 0. The van der Waals surface area contributed by atoms with Crippen LogP contribution < -0.4 is 10.1 Å². The molecule has 2 N–H and O–H groups in total. The first kappa shape index (κ1) is 8.38. The second-order valence-corrected chi connectivity index (χ2v) is 3.35. The summed E-state index contributed by atoms with van der Waals surface area (Å²) < 4.78 is 5.50. The van der Waals surface area contributed by atoms with Gasteiger partial charge in [0.1, 0.15) is 12.4 Å². The Morgan fingerprint density at radius 1 is 1.62 bits per heavy atom. The van der Waals surface area contributed by atoms with Crippen LogP contribution in [0.2, 0.25) is 0 Å². The number of hydrogen-bond acceptors (Lipinski definition) is 3. The minimum atomic E-state index is 0.0617. The molecule has 1 aromatic rings. The average Bonchev–Trinajstić information content (AvgIpc) is 2.17. The number of fused-ring (bicyclic) bond motifs is 1. The number of anilines is 1. The van der Waals surface area contributed by atoms with Crippen molar-refractivity contribution in [3.8, 4) is 5.75 Å². The van der Waals surface area contributed by atoms with E-state index in [1.807, 2.05) is 18.2 Å². The topological polar surface area (TPSA) is 41.5 Å². The van der Waals surface area contributed by atoms with Crippen LogP contribution in [0.1, 0.15) is 12.5 Å². The quantitative estimate of drug-likeness (QED) is 0.684. The smallest absolute Gasteiger partial charge is 0.142 e. The van der Waals surface area contributed by atoms with E-state index in [2.05, 4.69) is 12.2 Å². The van der Waals surface area contributed by atoms with Crippen molar-refractivity contribution in [1.29, 1.82) is 0 Å². The Hall–Kier alpha value is -1.22. The summed E-state index contributed by atoms with van der Waals surface area (Å²) >= 11 is 0. The van der Waals surface area contributed by atoms with E-state index >= 15 is 0 Å². The number of nitrogens with one attached hydrogen (secondary N) is 1. The SMILES string of the molecule is CC1COc2cc(CO)ccc2N1. The molecule has 3 heteroatoms. The molecule has 0 aromatic heterocycles. The first-order chi connectivity index (χ1) is 6.29. The predicted molar refractivity (Wildman–Crippen MR) is 50.9 cm³/mol. The number of hydrogen-bond donors (Lipinski definition) is 2. The van der Waals surface area contributed by atoms with Gasteiger partial charge in [0.15, 0.2) is 0 Å². The number of rotatable bonds is 1. The maximum absolute atomic E-state index is 8.92. The molecule has 0 fully saturated rings. The lowest BCUT2D eigenvalue weighted by atomic mass is 10.1. The third kappa shape index (κ3) is 1.60. The molecule has 1 atom stereocenters. The van der Waals surface area contributed by atoms with E-state index in [1.165, 1.54) is 0 Å². The highest BCUT2D eigenvalue weighted by Gasteiger charge is 2.14. The zero-order chi connectivity index (χ0) is 9.26. The molecular formula is C10H13NO2. The first-order valence-electron chi connectivity index (χ1n) is 4.42. The predicted octanol–water partition coefficient (Wildman–Crippen LogP) is 1.37. The molecule has 1 unspecified atom stereocenters. The van der Waals surface area contributed by atoms with E-state index in [4.69, 9.17) is 9.84 Å². The van der Waals surface area contributed by atoms with Crippen LogP contribution in [0.5, 0.6) is 5.75 Å². The zero-order valence-electron chi connectivity index (χ0n) is 7.58. The molecule has 0 saturated carbocycles. The van der Waals surface area contributed by atoms with Crippen LogP contribution in [0.3, 0.4) is 0 Å². The molecular weight excluding hydrogens is 166 g/mol. The standard InChI is InChI=1S/C10H13NO2/c1-7-6-13-10-4-8(5-12)2-3-9(10)11-7/h2-4,7,11-12H,5-6H2,1H3. The molecule has 70 valence electrons. The summed E-state index contributed by atoms with van der Waals surface area (Å²) in [6, 6.07) is 6.06. The van der Waals surface area contributed by atoms with Crippen molar-refractivity contribution < 1.29 is 9.84 Å². The van der Waals surface area contributed by atoms with E-state index in [0.29, 0.717) is 12.6 Å². The molecule has 0 bridgehead atoms. The van der Waals surface area contributed by atoms with Crippen molar-refractivity contribution in [2.24, 2.45) is 0 Å². The van der Waals surface area contributed by atoms with E-state index in [1.54, 1.807) is 0 Å². The highest BCUT2D eigenvalue weighted by Crippen LogP contribution is 2.29. The summed E-state index contributed by atoms with van der Waals surface area (Å²) in [5, 5.41) is 12.2. The van der Waals surface area contributed by atoms with Gasteiger partial charge in [-0.3, -0.25) is 0 Å². The Bertz CT molecular complexity index is 312. The molecule has 13 heavy (non-hydrogen) atoms. The summed E-state index contributed by atoms with van der Waals surface area (Å²) in [6.45, 7) is 2.82. The molecule has 0 amide bonds. The molecule has 0 aliphatic carbocycles. The summed E-state index contributed by atoms with van der Waals surface area (Å²) in [5.41, 5.74) is 1.89. The Labute approximate surface area is 77.3 Å². The Balaban J connectivity index is 2.31. The van der Waals surface area contributed by atoms with Crippen molar-refractivity contribution in [3.63, 3.8) is 0 Å². The van der Waals surface area contributed by atoms with Crippen LogP contribution in [0, 0.1) is 0 Å². The normalized spacial score (nSPS) is 20.0. The second kappa shape index (κ2) is 3.26. The van der Waals surface area contributed by atoms with Crippen LogP contribution in [0.4, 0.5) is 5.69 Å². The summed E-state index contributed by atoms with van der Waals surface area (Å²) in [5.74, 6) is 0.838. The van der Waals surface area contributed by atoms with Gasteiger partial charge in [-0.15, -0.1) is 0 Å². The third-order valence-corrected chi connectivity index (χ3v) is 2.12. The molecule has 1 aliphatic heterocycles. The Morgan fingerprint density at radius 3 is 3.23 bits per heavy atom. The number of ether oxygens (including phenoxy) is 1. The maximum atomic E-state index is 8.92. The third-order valence-electron chi connectivity index (χ3n) is 2.12. The minimum Gasteiger partial charge on any atom is -0.489 e. The lowest BCUT2D eigenvalue weighted by Crippen LogP contribution is -2.28. The van der Waals surface area contributed by atoms with Gasteiger partial charge in [-0.1, -0.05) is 6.07 Å². The average molecular weight is 179 g/mol. The van der Waals surface area contributed by atoms with Crippen LogP contribution in [0.25, 0.3) is 0 Å². The van der Waals surface area contributed by atoms with Crippen LogP contribution in [0.15, 0.2) is 18.2 Å². The fourth-order valence-electron chi connectivity index (χ4n) is 1.43. The Morgan fingerprint density at radius 2 is 2.46 bits per heavy atom. The van der Waals surface area contributed by atoms with Crippen LogP contribution in [-0.4, -0.2) is 17.8 Å². The van der Waals surface area contributed by atoms with Gasteiger partial charge in [-0.05, 0) is 24.6 Å². The van der Waals surface area contributed by atoms with E-state index < -0.39 is 0 Å². The van der Waals surface area contributed by atoms with Gasteiger partial charge < -0.3 is 15.2 Å². The van der Waals surface area contributed by atoms with E-state index in [9.17, 15) is 0 Å². The number of aliphatic hydroxyl groups excluding tert-OH is 1. The van der Waals surface area contributed by atoms with E-state index in [0.717, 1.165) is 17.0 Å². The van der Waals surface area contributed by atoms with Crippen molar-refractivity contribution in [2.45, 2.75) is 19.6 Å². The summed E-state index contributed by atoms with van der Waals surface area (Å²) in [6.07, 6.45) is 0. The molecule has 1 aliphatic rings. The molecule has 1 heterocycles. The van der Waals surface area contributed by atoms with E-state index in [-0.39, 0.29) is 6.61 Å². The molecule has 1 aromatic carbocycles. The monoisotopic (exact) mass is 179 g/mol.